The lowest BCUT2D eigenvalue weighted by Crippen LogP contribution is -2.22. The van der Waals surface area contributed by atoms with Gasteiger partial charge in [0.05, 0.1) is 20.3 Å². The van der Waals surface area contributed by atoms with Crippen LogP contribution < -0.4 is 10.1 Å². The molecule has 4 rings (SSSR count). The first-order chi connectivity index (χ1) is 17.6. The highest BCUT2D eigenvalue weighted by Gasteiger charge is 2.15. The number of carbonyl (C=O) groups excluding carboxylic acids is 1. The zero-order chi connectivity index (χ0) is 25.3. The van der Waals surface area contributed by atoms with Gasteiger partial charge >= 0.3 is 0 Å². The first-order valence-electron chi connectivity index (χ1n) is 11.4. The van der Waals surface area contributed by atoms with Gasteiger partial charge in [-0.1, -0.05) is 48.2 Å². The molecular formula is C27H27FN4O3S. The number of nitrogens with zero attached hydrogens (tertiary/aromatic N) is 3. The average molecular weight is 507 g/mol. The monoisotopic (exact) mass is 506 g/mol. The van der Waals surface area contributed by atoms with Gasteiger partial charge in [0.2, 0.25) is 0 Å². The van der Waals surface area contributed by atoms with Crippen molar-refractivity contribution in [3.8, 4) is 17.1 Å². The van der Waals surface area contributed by atoms with Crippen LogP contribution in [0.5, 0.6) is 5.75 Å². The Morgan fingerprint density at radius 3 is 2.47 bits per heavy atom. The van der Waals surface area contributed by atoms with Crippen molar-refractivity contribution < 1.29 is 18.7 Å². The van der Waals surface area contributed by atoms with Crippen LogP contribution in [0.2, 0.25) is 0 Å². The molecular weight excluding hydrogens is 479 g/mol. The van der Waals surface area contributed by atoms with Gasteiger partial charge in [0.15, 0.2) is 11.0 Å². The fraction of sp³-hybridized carbons (Fsp3) is 0.222. The minimum Gasteiger partial charge on any atom is -0.497 e. The van der Waals surface area contributed by atoms with Crippen LogP contribution in [0.15, 0.2) is 78.0 Å². The number of carbonyl (C=O) groups is 1. The molecule has 0 spiro atoms. The van der Waals surface area contributed by atoms with E-state index in [1.807, 2.05) is 41.0 Å². The van der Waals surface area contributed by atoms with Gasteiger partial charge in [0.25, 0.3) is 5.91 Å². The number of halogens is 1. The summed E-state index contributed by atoms with van der Waals surface area (Å²) in [6.45, 7) is 1.49. The zero-order valence-electron chi connectivity index (χ0n) is 20.1. The fourth-order valence-electron chi connectivity index (χ4n) is 3.54. The highest BCUT2D eigenvalue weighted by atomic mass is 32.2. The first kappa shape index (κ1) is 25.4. The number of benzene rings is 3. The molecule has 0 aliphatic heterocycles. The summed E-state index contributed by atoms with van der Waals surface area (Å²) in [6.07, 6.45) is 0. The predicted octanol–water partition coefficient (Wildman–Crippen LogP) is 4.96. The number of methoxy groups -OCH3 is 2. The van der Waals surface area contributed by atoms with Gasteiger partial charge in [-0.15, -0.1) is 10.2 Å². The number of rotatable bonds is 11. The molecule has 186 valence electrons. The van der Waals surface area contributed by atoms with Crippen molar-refractivity contribution in [3.05, 3.63) is 95.3 Å². The van der Waals surface area contributed by atoms with E-state index in [-0.39, 0.29) is 11.7 Å². The van der Waals surface area contributed by atoms with Gasteiger partial charge in [0, 0.05) is 30.5 Å². The number of thioether (sulfide) groups is 1. The van der Waals surface area contributed by atoms with Gasteiger partial charge in [-0.3, -0.25) is 9.36 Å². The fourth-order valence-corrected chi connectivity index (χ4v) is 4.46. The third kappa shape index (κ3) is 6.50. The maximum atomic E-state index is 13.0. The van der Waals surface area contributed by atoms with E-state index >= 15 is 0 Å². The Morgan fingerprint density at radius 2 is 1.75 bits per heavy atom. The smallest absolute Gasteiger partial charge is 0.251 e. The van der Waals surface area contributed by atoms with Crippen molar-refractivity contribution in [1.82, 2.24) is 20.1 Å². The molecule has 7 nitrogen and oxygen atoms in total. The Balaban J connectivity index is 1.40. The third-order valence-corrected chi connectivity index (χ3v) is 6.55. The molecule has 0 saturated heterocycles. The molecule has 0 aliphatic carbocycles. The SMILES string of the molecule is COCCn1c(SCc2ccc(C(=O)NCc3ccc(F)cc3)cc2)nnc1-c1cccc(OC)c1. The second kappa shape index (κ2) is 12.3. The number of nitrogens with one attached hydrogen (secondary N) is 1. The third-order valence-electron chi connectivity index (χ3n) is 5.51. The van der Waals surface area contributed by atoms with E-state index in [2.05, 4.69) is 15.5 Å². The molecule has 0 saturated carbocycles. The van der Waals surface area contributed by atoms with E-state index in [9.17, 15) is 9.18 Å². The molecule has 3 aromatic carbocycles. The molecule has 36 heavy (non-hydrogen) atoms. The topological polar surface area (TPSA) is 78.3 Å². The van der Waals surface area contributed by atoms with E-state index in [4.69, 9.17) is 9.47 Å². The van der Waals surface area contributed by atoms with E-state index in [0.717, 1.165) is 33.4 Å². The number of aromatic nitrogens is 3. The van der Waals surface area contributed by atoms with Crippen LogP contribution in [0.25, 0.3) is 11.4 Å². The Morgan fingerprint density at radius 1 is 1.00 bits per heavy atom. The van der Waals surface area contributed by atoms with Crippen LogP contribution in [0, 0.1) is 5.82 Å². The summed E-state index contributed by atoms with van der Waals surface area (Å²) in [5, 5.41) is 12.5. The lowest BCUT2D eigenvalue weighted by Gasteiger charge is -2.11. The molecule has 1 aromatic heterocycles. The van der Waals surface area contributed by atoms with E-state index < -0.39 is 0 Å². The van der Waals surface area contributed by atoms with E-state index in [1.165, 1.54) is 12.1 Å². The quantitative estimate of drug-likeness (QED) is 0.290. The molecule has 0 bridgehead atoms. The van der Waals surface area contributed by atoms with Crippen molar-refractivity contribution in [2.24, 2.45) is 0 Å². The molecule has 0 fully saturated rings. The summed E-state index contributed by atoms with van der Waals surface area (Å²) in [7, 11) is 3.30. The molecule has 0 radical (unpaired) electrons. The second-order valence-corrected chi connectivity index (χ2v) is 8.92. The van der Waals surface area contributed by atoms with Crippen molar-refractivity contribution >= 4 is 17.7 Å². The maximum Gasteiger partial charge on any atom is 0.251 e. The first-order valence-corrected chi connectivity index (χ1v) is 12.4. The Bertz CT molecular complexity index is 1290. The van der Waals surface area contributed by atoms with Crippen LogP contribution >= 0.6 is 11.8 Å². The molecule has 1 heterocycles. The van der Waals surface area contributed by atoms with Crippen molar-refractivity contribution in [2.45, 2.75) is 24.0 Å². The van der Waals surface area contributed by atoms with Crippen molar-refractivity contribution in [3.63, 3.8) is 0 Å². The molecule has 4 aromatic rings. The number of hydrogen-bond donors (Lipinski definition) is 1. The molecule has 0 unspecified atom stereocenters. The normalized spacial score (nSPS) is 10.9. The Kier molecular flexibility index (Phi) is 8.70. The molecule has 9 heteroatoms. The summed E-state index contributed by atoms with van der Waals surface area (Å²) in [5.74, 6) is 1.69. The lowest BCUT2D eigenvalue weighted by atomic mass is 10.1. The van der Waals surface area contributed by atoms with Crippen LogP contribution in [-0.2, 0) is 23.6 Å². The summed E-state index contributed by atoms with van der Waals surface area (Å²) in [5.41, 5.74) is 3.37. The zero-order valence-corrected chi connectivity index (χ0v) is 20.9. The molecule has 0 atom stereocenters. The van der Waals surface area contributed by atoms with Gasteiger partial charge in [-0.2, -0.15) is 0 Å². The van der Waals surface area contributed by atoms with E-state index in [1.54, 1.807) is 50.2 Å². The highest BCUT2D eigenvalue weighted by molar-refractivity contribution is 7.98. The molecule has 0 aliphatic rings. The van der Waals surface area contributed by atoms with Crippen LogP contribution in [0.3, 0.4) is 0 Å². The van der Waals surface area contributed by atoms with Gasteiger partial charge in [-0.25, -0.2) is 4.39 Å². The number of hydrogen-bond acceptors (Lipinski definition) is 6. The summed E-state index contributed by atoms with van der Waals surface area (Å²) in [6, 6.07) is 21.2. The number of ether oxygens (including phenoxy) is 2. The lowest BCUT2D eigenvalue weighted by molar-refractivity contribution is 0.0951. The molecule has 1 N–H and O–H groups in total. The van der Waals surface area contributed by atoms with Gasteiger partial charge in [-0.05, 0) is 47.5 Å². The minimum absolute atomic E-state index is 0.180. The van der Waals surface area contributed by atoms with Crippen LogP contribution in [0.1, 0.15) is 21.5 Å². The Hall–Kier alpha value is -3.69. The summed E-state index contributed by atoms with van der Waals surface area (Å²) in [4.78, 5) is 12.5. The van der Waals surface area contributed by atoms with E-state index in [0.29, 0.717) is 31.0 Å². The summed E-state index contributed by atoms with van der Waals surface area (Å²) >= 11 is 1.57. The largest absolute Gasteiger partial charge is 0.497 e. The second-order valence-electron chi connectivity index (χ2n) is 7.98. The predicted molar refractivity (Wildman–Crippen MR) is 137 cm³/mol. The average Bonchev–Trinajstić information content (AvgIpc) is 3.33. The van der Waals surface area contributed by atoms with Gasteiger partial charge < -0.3 is 14.8 Å². The van der Waals surface area contributed by atoms with Crippen molar-refractivity contribution in [2.75, 3.05) is 20.8 Å². The maximum absolute atomic E-state index is 13.0. The van der Waals surface area contributed by atoms with Crippen LogP contribution in [-0.4, -0.2) is 41.5 Å². The Labute approximate surface area is 213 Å². The minimum atomic E-state index is -0.299. The van der Waals surface area contributed by atoms with Gasteiger partial charge in [0.1, 0.15) is 11.6 Å². The molecule has 1 amide bonds. The highest BCUT2D eigenvalue weighted by Crippen LogP contribution is 2.28. The van der Waals surface area contributed by atoms with Crippen molar-refractivity contribution in [1.29, 1.82) is 0 Å². The van der Waals surface area contributed by atoms with Crippen LogP contribution in [0.4, 0.5) is 4.39 Å². The standard InChI is InChI=1S/C27H27FN4O3S/c1-34-15-14-32-25(22-4-3-5-24(16-22)35-2)30-31-27(32)36-18-20-6-10-21(11-7-20)26(33)29-17-19-8-12-23(28)13-9-19/h3-13,16H,14-15,17-18H2,1-2H3,(H,29,33). The summed E-state index contributed by atoms with van der Waals surface area (Å²) < 4.78 is 25.7. The number of amides is 1.